The Balaban J connectivity index is 2.39. The molecule has 12 heavy (non-hydrogen) atoms. The highest BCUT2D eigenvalue weighted by Gasteiger charge is 2.62. The lowest BCUT2D eigenvalue weighted by Crippen LogP contribution is -2.46. The van der Waals surface area contributed by atoms with E-state index in [1.807, 2.05) is 0 Å². The molecule has 2 aliphatic carbocycles. The summed E-state index contributed by atoms with van der Waals surface area (Å²) in [4.78, 5) is 0. The third-order valence-corrected chi connectivity index (χ3v) is 4.77. The van der Waals surface area contributed by atoms with Crippen molar-refractivity contribution in [3.05, 3.63) is 0 Å². The first-order valence-electron chi connectivity index (χ1n) is 4.91. The molecule has 0 aliphatic heterocycles. The standard InChI is InChI=1S/C10H19NO/c1-9(2)7-3-4-10(9,6-12)8(11)5-7/h7-8,12H,3-6,11H2,1-2H3. The number of hydrogen-bond acceptors (Lipinski definition) is 2. The molecule has 0 aromatic heterocycles. The van der Waals surface area contributed by atoms with Crippen molar-refractivity contribution in [1.29, 1.82) is 0 Å². The van der Waals surface area contributed by atoms with Gasteiger partial charge in [0.25, 0.3) is 0 Å². The molecule has 0 saturated heterocycles. The third-order valence-electron chi connectivity index (χ3n) is 4.77. The Bertz CT molecular complexity index is 202. The predicted molar refractivity (Wildman–Crippen MR) is 48.6 cm³/mol. The normalized spacial score (nSPS) is 50.0. The first-order chi connectivity index (χ1) is 5.54. The number of fused-ring (bicyclic) bond motifs is 2. The fraction of sp³-hybridized carbons (Fsp3) is 1.00. The Hall–Kier alpha value is -0.0800. The monoisotopic (exact) mass is 169 g/mol. The molecule has 70 valence electrons. The van der Waals surface area contributed by atoms with Gasteiger partial charge >= 0.3 is 0 Å². The fourth-order valence-corrected chi connectivity index (χ4v) is 3.53. The Morgan fingerprint density at radius 1 is 1.50 bits per heavy atom. The highest BCUT2D eigenvalue weighted by molar-refractivity contribution is 5.13. The highest BCUT2D eigenvalue weighted by Crippen LogP contribution is 2.64. The van der Waals surface area contributed by atoms with Gasteiger partial charge in [0.1, 0.15) is 0 Å². The number of rotatable bonds is 1. The summed E-state index contributed by atoms with van der Waals surface area (Å²) in [5.74, 6) is 0.750. The molecule has 2 heteroatoms. The van der Waals surface area contributed by atoms with Gasteiger partial charge in [0, 0.05) is 11.5 Å². The second-order valence-corrected chi connectivity index (χ2v) is 5.11. The second-order valence-electron chi connectivity index (χ2n) is 5.11. The average Bonchev–Trinajstić information content (AvgIpc) is 2.36. The van der Waals surface area contributed by atoms with E-state index in [1.54, 1.807) is 0 Å². The maximum Gasteiger partial charge on any atom is 0.0507 e. The van der Waals surface area contributed by atoms with E-state index >= 15 is 0 Å². The van der Waals surface area contributed by atoms with Crippen LogP contribution in [0.5, 0.6) is 0 Å². The molecule has 2 aliphatic rings. The summed E-state index contributed by atoms with van der Waals surface area (Å²) >= 11 is 0. The Kier molecular flexibility index (Phi) is 1.59. The van der Waals surface area contributed by atoms with Crippen molar-refractivity contribution in [1.82, 2.24) is 0 Å². The van der Waals surface area contributed by atoms with Crippen molar-refractivity contribution >= 4 is 0 Å². The van der Waals surface area contributed by atoms with Gasteiger partial charge in [-0.3, -0.25) is 0 Å². The van der Waals surface area contributed by atoms with Crippen LogP contribution >= 0.6 is 0 Å². The minimum absolute atomic E-state index is 0.0394. The SMILES string of the molecule is CC1(C)C2CCC1(CO)C(N)C2. The Morgan fingerprint density at radius 3 is 2.42 bits per heavy atom. The van der Waals surface area contributed by atoms with Crippen LogP contribution in [0.15, 0.2) is 0 Å². The van der Waals surface area contributed by atoms with Crippen LogP contribution in [-0.2, 0) is 0 Å². The minimum Gasteiger partial charge on any atom is -0.396 e. The molecule has 0 spiro atoms. The lowest BCUT2D eigenvalue weighted by molar-refractivity contribution is 0.0344. The summed E-state index contributed by atoms with van der Waals surface area (Å²) in [5, 5.41) is 9.47. The summed E-state index contributed by atoms with van der Waals surface area (Å²) in [6.07, 6.45) is 3.51. The molecule has 0 amide bonds. The Labute approximate surface area is 74.1 Å². The molecule has 2 saturated carbocycles. The van der Waals surface area contributed by atoms with Crippen LogP contribution in [0, 0.1) is 16.7 Å². The molecule has 3 atom stereocenters. The van der Waals surface area contributed by atoms with Crippen molar-refractivity contribution in [2.45, 2.75) is 39.2 Å². The molecule has 2 bridgehead atoms. The van der Waals surface area contributed by atoms with E-state index in [1.165, 1.54) is 6.42 Å². The summed E-state index contributed by atoms with van der Waals surface area (Å²) < 4.78 is 0. The van der Waals surface area contributed by atoms with Gasteiger partial charge in [0.05, 0.1) is 6.61 Å². The first-order valence-corrected chi connectivity index (χ1v) is 4.91. The molecular formula is C10H19NO. The van der Waals surface area contributed by atoms with Crippen molar-refractivity contribution in [2.24, 2.45) is 22.5 Å². The van der Waals surface area contributed by atoms with Crippen molar-refractivity contribution in [3.63, 3.8) is 0 Å². The molecule has 2 rings (SSSR count). The van der Waals surface area contributed by atoms with Gasteiger partial charge in [-0.15, -0.1) is 0 Å². The largest absolute Gasteiger partial charge is 0.396 e. The van der Waals surface area contributed by atoms with Crippen molar-refractivity contribution in [3.8, 4) is 0 Å². The van der Waals surface area contributed by atoms with E-state index < -0.39 is 0 Å². The van der Waals surface area contributed by atoms with Crippen LogP contribution in [0.2, 0.25) is 0 Å². The zero-order valence-electron chi connectivity index (χ0n) is 8.01. The minimum atomic E-state index is 0.0394. The maximum absolute atomic E-state index is 9.47. The first kappa shape index (κ1) is 8.52. The van der Waals surface area contributed by atoms with Gasteiger partial charge in [0.15, 0.2) is 0 Å². The van der Waals surface area contributed by atoms with Crippen molar-refractivity contribution in [2.75, 3.05) is 6.61 Å². The van der Waals surface area contributed by atoms with E-state index in [2.05, 4.69) is 13.8 Å². The molecule has 3 N–H and O–H groups in total. The third kappa shape index (κ3) is 0.686. The van der Waals surface area contributed by atoms with Crippen LogP contribution in [0.1, 0.15) is 33.1 Å². The van der Waals surface area contributed by atoms with Gasteiger partial charge < -0.3 is 10.8 Å². The number of aliphatic hydroxyl groups is 1. The molecule has 0 aromatic rings. The van der Waals surface area contributed by atoms with Crippen molar-refractivity contribution < 1.29 is 5.11 Å². The topological polar surface area (TPSA) is 46.2 Å². The molecule has 0 heterocycles. The molecule has 3 unspecified atom stereocenters. The molecule has 2 fully saturated rings. The van der Waals surface area contributed by atoms with Crippen LogP contribution in [0.3, 0.4) is 0 Å². The van der Waals surface area contributed by atoms with Gasteiger partial charge in [-0.1, -0.05) is 13.8 Å². The zero-order chi connectivity index (χ0) is 8.98. The highest BCUT2D eigenvalue weighted by atomic mass is 16.3. The van der Waals surface area contributed by atoms with Crippen LogP contribution in [0.25, 0.3) is 0 Å². The van der Waals surface area contributed by atoms with Crippen LogP contribution in [-0.4, -0.2) is 17.8 Å². The molecule has 0 aromatic carbocycles. The van der Waals surface area contributed by atoms with Gasteiger partial charge in [-0.05, 0) is 30.6 Å². The smallest absolute Gasteiger partial charge is 0.0507 e. The molecule has 0 radical (unpaired) electrons. The van der Waals surface area contributed by atoms with E-state index in [9.17, 15) is 5.11 Å². The van der Waals surface area contributed by atoms with Crippen LogP contribution in [0.4, 0.5) is 0 Å². The maximum atomic E-state index is 9.47. The quantitative estimate of drug-likeness (QED) is 0.618. The van der Waals surface area contributed by atoms with Gasteiger partial charge in [0.2, 0.25) is 0 Å². The summed E-state index contributed by atoms with van der Waals surface area (Å²) in [5.41, 5.74) is 6.39. The number of aliphatic hydroxyl groups excluding tert-OH is 1. The van der Waals surface area contributed by atoms with Gasteiger partial charge in [-0.25, -0.2) is 0 Å². The number of nitrogens with two attached hydrogens (primary N) is 1. The molecule has 2 nitrogen and oxygen atoms in total. The van der Waals surface area contributed by atoms with E-state index in [-0.39, 0.29) is 23.5 Å². The lowest BCUT2D eigenvalue weighted by atomic mass is 9.68. The van der Waals surface area contributed by atoms with E-state index in [0.29, 0.717) is 0 Å². The fourth-order valence-electron chi connectivity index (χ4n) is 3.53. The summed E-state index contributed by atoms with van der Waals surface area (Å²) in [6, 6.07) is 0.233. The number of hydrogen-bond donors (Lipinski definition) is 2. The molecular weight excluding hydrogens is 150 g/mol. The Morgan fingerprint density at radius 2 is 2.17 bits per heavy atom. The predicted octanol–water partition coefficient (Wildman–Crippen LogP) is 1.13. The summed E-state index contributed by atoms with van der Waals surface area (Å²) in [7, 11) is 0. The van der Waals surface area contributed by atoms with Gasteiger partial charge in [-0.2, -0.15) is 0 Å². The lowest BCUT2D eigenvalue weighted by Gasteiger charge is -2.39. The second kappa shape index (κ2) is 2.24. The summed E-state index contributed by atoms with van der Waals surface area (Å²) in [6.45, 7) is 4.82. The average molecular weight is 169 g/mol. The van der Waals surface area contributed by atoms with E-state index in [4.69, 9.17) is 5.73 Å². The van der Waals surface area contributed by atoms with E-state index in [0.717, 1.165) is 18.8 Å². The van der Waals surface area contributed by atoms with Crippen LogP contribution < -0.4 is 5.73 Å². The zero-order valence-corrected chi connectivity index (χ0v) is 8.01.